The summed E-state index contributed by atoms with van der Waals surface area (Å²) < 4.78 is 51.1. The number of aliphatic hydroxyl groups is 21. The number of aliphatic hydroxyl groups excluding tert-OH is 21. The van der Waals surface area contributed by atoms with Gasteiger partial charge in [-0.25, -0.2) is 0 Å². The number of ether oxygens (including phenoxy) is 9. The molecule has 3 heterocycles. The van der Waals surface area contributed by atoms with Crippen molar-refractivity contribution in [3.8, 4) is 0 Å². The van der Waals surface area contributed by atoms with Gasteiger partial charge >= 0.3 is 5.95 Å². The Hall–Kier alpha value is -3.91. The molecule has 0 radical (unpaired) electrons. The molecule has 0 aromatic rings. The van der Waals surface area contributed by atoms with E-state index in [1.165, 1.54) is 6.92 Å². The van der Waals surface area contributed by atoms with Crippen LogP contribution in [0.3, 0.4) is 0 Å². The lowest BCUT2D eigenvalue weighted by molar-refractivity contribution is -0.341. The normalized spacial score (nSPS) is 32.2. The summed E-state index contributed by atoms with van der Waals surface area (Å²) >= 11 is 0. The van der Waals surface area contributed by atoms with Gasteiger partial charge in [0.25, 0.3) is 0 Å². The second-order valence-corrected chi connectivity index (χ2v) is 20.5. The molecule has 35 heteroatoms. The first-order valence-electron chi connectivity index (χ1n) is 26.7. The lowest BCUT2D eigenvalue weighted by Gasteiger charge is -2.49. The van der Waals surface area contributed by atoms with Crippen LogP contribution >= 0.6 is 0 Å². The maximum Gasteiger partial charge on any atom is 0.319 e. The zero-order valence-corrected chi connectivity index (χ0v) is 46.7. The number of ketones is 1. The maximum atomic E-state index is 13.2. The molecule has 490 valence electrons. The van der Waals surface area contributed by atoms with Crippen LogP contribution in [0.4, 0.5) is 0 Å². The third-order valence-electron chi connectivity index (χ3n) is 14.0. The summed E-state index contributed by atoms with van der Waals surface area (Å²) in [5, 5.41) is 227. The number of hydrogen-bond acceptors (Lipinski definition) is 33. The van der Waals surface area contributed by atoms with E-state index in [2.05, 4.69) is 10.6 Å². The summed E-state index contributed by atoms with van der Waals surface area (Å²) in [6.45, 7) is 0.375. The van der Waals surface area contributed by atoms with Gasteiger partial charge in [-0.1, -0.05) is 0 Å². The molecule has 2 amide bonds. The van der Waals surface area contributed by atoms with Crippen molar-refractivity contribution >= 4 is 17.6 Å². The van der Waals surface area contributed by atoms with Crippen LogP contribution < -0.4 is 10.6 Å². The number of carbonyl (C=O) groups excluding carboxylic acids is 3. The highest BCUT2D eigenvalue weighted by Gasteiger charge is 2.54. The predicted molar refractivity (Wildman–Crippen MR) is 272 cm³/mol. The fraction of sp³-hybridized carbons (Fsp3) is 0.857. The lowest BCUT2D eigenvalue weighted by Crippen LogP contribution is -2.69. The molecular formula is C49H86N2O33. The summed E-state index contributed by atoms with van der Waals surface area (Å²) in [7, 11) is 0. The van der Waals surface area contributed by atoms with Crippen molar-refractivity contribution in [2.24, 2.45) is 5.92 Å². The van der Waals surface area contributed by atoms with Crippen LogP contribution in [0, 0.1) is 5.92 Å². The Balaban J connectivity index is 2.08. The molecule has 27 atom stereocenters. The Labute approximate surface area is 480 Å². The second kappa shape index (κ2) is 34.6. The third kappa shape index (κ3) is 19.5. The molecule has 2 fully saturated rings. The number of carbonyl (C=O) groups is 3. The minimum Gasteiger partial charge on any atom is -0.506 e. The molecule has 0 saturated carbocycles. The number of rotatable bonds is 35. The van der Waals surface area contributed by atoms with E-state index in [1.807, 2.05) is 0 Å². The van der Waals surface area contributed by atoms with Crippen molar-refractivity contribution in [2.75, 3.05) is 46.2 Å². The summed E-state index contributed by atoms with van der Waals surface area (Å²) in [5.74, 6) is -9.18. The molecule has 2 saturated heterocycles. The highest BCUT2D eigenvalue weighted by Crippen LogP contribution is 2.35. The van der Waals surface area contributed by atoms with Gasteiger partial charge in [0.1, 0.15) is 104 Å². The SMILES string of the molecule is CC(=O)NC1C(O)[C@H](O[C@@H]2OC(CO/C(O)=C(/O)C(O[C@@H](C)C(=O)C(CO)[C@H](C)O)[C@H](O)CCO[C@@H](O)C(O)C(O)[C@H](O)CCO)C(O)=C(OC(C)C(O)C(O)[C@H](O)C(O)CO)C2O)C(CO)O[C@H]1O[C@@H]1C(CO)O[C@@H](C)C(NC(C)=O)C1O. The topological polar surface area (TPSA) is 583 Å². The van der Waals surface area contributed by atoms with Crippen LogP contribution in [-0.2, 0) is 57.0 Å². The molecular weight excluding hydrogens is 1140 g/mol. The van der Waals surface area contributed by atoms with E-state index in [4.69, 9.17) is 47.7 Å². The third-order valence-corrected chi connectivity index (χ3v) is 14.0. The van der Waals surface area contributed by atoms with Gasteiger partial charge in [0.2, 0.25) is 17.6 Å². The smallest absolute Gasteiger partial charge is 0.319 e. The van der Waals surface area contributed by atoms with Crippen LogP contribution in [-0.4, -0.2) is 330 Å². The molecule has 3 aliphatic heterocycles. The molecule has 0 aliphatic carbocycles. The van der Waals surface area contributed by atoms with Gasteiger partial charge < -0.3 is 161 Å². The minimum absolute atomic E-state index is 0.413. The lowest BCUT2D eigenvalue weighted by atomic mass is 9.92. The minimum atomic E-state index is -2.42. The molecule has 0 spiro atoms. The van der Waals surface area contributed by atoms with E-state index < -0.39 is 265 Å². The van der Waals surface area contributed by atoms with E-state index in [0.29, 0.717) is 0 Å². The van der Waals surface area contributed by atoms with Crippen molar-refractivity contribution in [1.82, 2.24) is 10.6 Å². The number of Topliss-reactive ketones (excluding diaryl/α,β-unsaturated/α-hetero) is 1. The van der Waals surface area contributed by atoms with Gasteiger partial charge in [-0.3, -0.25) is 14.4 Å². The molecule has 84 heavy (non-hydrogen) atoms. The van der Waals surface area contributed by atoms with Crippen LogP contribution in [0.5, 0.6) is 0 Å². The van der Waals surface area contributed by atoms with Crippen molar-refractivity contribution in [3.63, 3.8) is 0 Å². The summed E-state index contributed by atoms with van der Waals surface area (Å²) in [6, 6.07) is -2.89. The van der Waals surface area contributed by atoms with Crippen LogP contribution in [0.2, 0.25) is 0 Å². The first-order chi connectivity index (χ1) is 39.3. The molecule has 16 unspecified atom stereocenters. The highest BCUT2D eigenvalue weighted by atomic mass is 16.7. The molecule has 3 aliphatic rings. The molecule has 0 aromatic carbocycles. The predicted octanol–water partition coefficient (Wildman–Crippen LogP) is -10.1. The zero-order valence-electron chi connectivity index (χ0n) is 46.7. The van der Waals surface area contributed by atoms with Gasteiger partial charge in [0, 0.05) is 20.5 Å². The Morgan fingerprint density at radius 2 is 1.20 bits per heavy atom. The van der Waals surface area contributed by atoms with Crippen molar-refractivity contribution in [2.45, 2.75) is 214 Å². The zero-order chi connectivity index (χ0) is 63.8. The highest BCUT2D eigenvalue weighted by molar-refractivity contribution is 5.85. The average molecular weight is 1230 g/mol. The standard InChI is InChI=1S/C49H86N2O33/c1-16(57)22(11-53)31(63)18(3)79-42(24(61)8-10-76-46(74)39(71)33(65)23(60)7-9-52)40(72)47(75)77-15-28-35(67)45(80-19(4)32(64)38(70)34(66)25(62)12-54)41(73)49(82-28)84-44-27(14-56)81-48(30(37(44)69)51-21(6)59)83-43-26(13-55)78-17(2)29(36(43)68)50-20(5)58/h16-19,22-30,32-34,36-39,41-44,46,48-49,52-57,60-62,64-75H,7-15H2,1-6H3,(H,50,58)(H,51,59)/b47-40+/t16-,17-,18-,19?,22?,23+,24+,25?,26?,27?,28?,29?,30?,32?,33?,34+,36?,37?,38?,39?,41?,42?,43+,44+,46+,48-,49-/m0/s1. The fourth-order valence-electron chi connectivity index (χ4n) is 9.13. The van der Waals surface area contributed by atoms with E-state index in [0.717, 1.165) is 34.6 Å². The largest absolute Gasteiger partial charge is 0.506 e. The Bertz CT molecular complexity index is 2080. The van der Waals surface area contributed by atoms with Gasteiger partial charge in [0.15, 0.2) is 48.4 Å². The summed E-state index contributed by atoms with van der Waals surface area (Å²) in [5.41, 5.74) is 0. The summed E-state index contributed by atoms with van der Waals surface area (Å²) in [4.78, 5) is 37.9. The Morgan fingerprint density at radius 1 is 0.655 bits per heavy atom. The molecule has 23 N–H and O–H groups in total. The first kappa shape index (κ1) is 74.3. The van der Waals surface area contributed by atoms with Crippen molar-refractivity contribution in [3.05, 3.63) is 23.2 Å². The average Bonchev–Trinajstić information content (AvgIpc) is 1.77. The molecule has 0 aromatic heterocycles. The monoisotopic (exact) mass is 1230 g/mol. The van der Waals surface area contributed by atoms with Crippen LogP contribution in [0.15, 0.2) is 23.2 Å². The van der Waals surface area contributed by atoms with Gasteiger partial charge in [-0.15, -0.1) is 0 Å². The molecule has 3 rings (SSSR count). The van der Waals surface area contributed by atoms with Crippen LogP contribution in [0.25, 0.3) is 0 Å². The van der Waals surface area contributed by atoms with Crippen molar-refractivity contribution < 1.29 is 164 Å². The van der Waals surface area contributed by atoms with Gasteiger partial charge in [-0.05, 0) is 40.5 Å². The quantitative estimate of drug-likeness (QED) is 0.0207. The number of hydrogen-bond donors (Lipinski definition) is 23. The Kier molecular flexibility index (Phi) is 30.6. The molecule has 35 nitrogen and oxygen atoms in total. The van der Waals surface area contributed by atoms with E-state index in [1.54, 1.807) is 0 Å². The van der Waals surface area contributed by atoms with E-state index in [9.17, 15) is 117 Å². The van der Waals surface area contributed by atoms with Crippen LogP contribution in [0.1, 0.15) is 54.4 Å². The number of nitrogens with one attached hydrogen (secondary N) is 2. The van der Waals surface area contributed by atoms with Gasteiger partial charge in [-0.2, -0.15) is 0 Å². The first-order valence-corrected chi connectivity index (χ1v) is 26.7. The summed E-state index contributed by atoms with van der Waals surface area (Å²) in [6.07, 6.45) is -47.5. The Morgan fingerprint density at radius 3 is 1.74 bits per heavy atom. The van der Waals surface area contributed by atoms with E-state index >= 15 is 0 Å². The fourth-order valence-corrected chi connectivity index (χ4v) is 9.13. The second-order valence-electron chi connectivity index (χ2n) is 20.5. The van der Waals surface area contributed by atoms with Crippen molar-refractivity contribution in [1.29, 1.82) is 0 Å². The number of amides is 2. The van der Waals surface area contributed by atoms with E-state index in [-0.39, 0.29) is 0 Å². The van der Waals surface area contributed by atoms with Gasteiger partial charge in [0.05, 0.1) is 69.4 Å². The maximum absolute atomic E-state index is 13.2. The molecule has 0 bridgehead atoms.